The third kappa shape index (κ3) is 4.39. The Hall–Kier alpha value is -2.22. The second-order valence-electron chi connectivity index (χ2n) is 11.2. The standard InChI is InChI=1S/C29H42N6O/c1-21-7-6-14-30-28(21)24-8-4-9-25(32(24)3)29-22(2)35-26(31-29)10-5-11-27(35)34-17-15-33(16-18-34)23-12-19-36-20-13-23/h5-7,10-11,14,22-25,29H,4,8-9,12-13,15-20H2,1-3H3/t22?,24-,25+,29?/m0/s1. The first kappa shape index (κ1) is 24.1. The van der Waals surface area contributed by atoms with Gasteiger partial charge in [0.05, 0.1) is 23.8 Å². The molecule has 0 spiro atoms. The summed E-state index contributed by atoms with van der Waals surface area (Å²) in [5.74, 6) is 2.48. The van der Waals surface area contributed by atoms with Crippen molar-refractivity contribution in [3.63, 3.8) is 0 Å². The highest BCUT2D eigenvalue weighted by atomic mass is 16.5. The molecular formula is C29H42N6O. The fourth-order valence-electron chi connectivity index (χ4n) is 7.21. The number of rotatable bonds is 4. The molecule has 6 heterocycles. The van der Waals surface area contributed by atoms with Gasteiger partial charge in [-0.05, 0) is 76.8 Å². The second-order valence-corrected chi connectivity index (χ2v) is 11.2. The minimum absolute atomic E-state index is 0.270. The molecule has 3 fully saturated rings. The van der Waals surface area contributed by atoms with Crippen molar-refractivity contribution in [2.24, 2.45) is 4.99 Å². The molecule has 5 aliphatic heterocycles. The van der Waals surface area contributed by atoms with Crippen molar-refractivity contribution < 1.29 is 4.74 Å². The predicted molar refractivity (Wildman–Crippen MR) is 144 cm³/mol. The summed E-state index contributed by atoms with van der Waals surface area (Å²) in [5.41, 5.74) is 2.54. The largest absolute Gasteiger partial charge is 0.381 e. The van der Waals surface area contributed by atoms with Gasteiger partial charge in [0.1, 0.15) is 11.7 Å². The summed E-state index contributed by atoms with van der Waals surface area (Å²) in [6, 6.07) is 6.36. The van der Waals surface area contributed by atoms with Crippen molar-refractivity contribution in [2.75, 3.05) is 46.4 Å². The third-order valence-corrected chi connectivity index (χ3v) is 9.26. The van der Waals surface area contributed by atoms with Crippen LogP contribution in [0.2, 0.25) is 0 Å². The van der Waals surface area contributed by atoms with Gasteiger partial charge < -0.3 is 14.5 Å². The maximum atomic E-state index is 5.59. The first-order chi connectivity index (χ1) is 17.6. The molecule has 4 atom stereocenters. The highest BCUT2D eigenvalue weighted by Crippen LogP contribution is 2.39. The van der Waals surface area contributed by atoms with Crippen molar-refractivity contribution in [3.05, 3.63) is 53.6 Å². The van der Waals surface area contributed by atoms with E-state index in [1.54, 1.807) is 0 Å². The summed E-state index contributed by atoms with van der Waals surface area (Å²) in [6.07, 6.45) is 14.6. The van der Waals surface area contributed by atoms with E-state index >= 15 is 0 Å². The van der Waals surface area contributed by atoms with Crippen molar-refractivity contribution in [1.29, 1.82) is 0 Å². The van der Waals surface area contributed by atoms with E-state index in [0.717, 1.165) is 45.2 Å². The number of aromatic nitrogens is 1. The van der Waals surface area contributed by atoms with Crippen LogP contribution in [0.3, 0.4) is 0 Å². The van der Waals surface area contributed by atoms with Crippen LogP contribution in [0.1, 0.15) is 56.3 Å². The molecule has 194 valence electrons. The van der Waals surface area contributed by atoms with E-state index < -0.39 is 0 Å². The molecule has 2 unspecified atom stereocenters. The van der Waals surface area contributed by atoms with E-state index in [4.69, 9.17) is 14.7 Å². The Labute approximate surface area is 216 Å². The van der Waals surface area contributed by atoms with Crippen LogP contribution in [0.4, 0.5) is 0 Å². The molecule has 0 aliphatic carbocycles. The average Bonchev–Trinajstić information content (AvgIpc) is 3.26. The van der Waals surface area contributed by atoms with Gasteiger partial charge in [0, 0.05) is 57.7 Å². The summed E-state index contributed by atoms with van der Waals surface area (Å²) >= 11 is 0. The van der Waals surface area contributed by atoms with Gasteiger partial charge in [-0.15, -0.1) is 0 Å². The SMILES string of the molecule is Cc1cccnc1[C@@H]1CCC[C@H](C2N=C3C=CC=C(N4CCN(C5CCOCC5)CC4)N3C2C)N1C. The first-order valence-corrected chi connectivity index (χ1v) is 14.1. The zero-order chi connectivity index (χ0) is 24.6. The molecule has 7 heteroatoms. The number of nitrogens with zero attached hydrogens (tertiary/aromatic N) is 6. The molecule has 7 nitrogen and oxygen atoms in total. The minimum Gasteiger partial charge on any atom is -0.381 e. The zero-order valence-corrected chi connectivity index (χ0v) is 22.2. The number of piperazine rings is 1. The van der Waals surface area contributed by atoms with Crippen molar-refractivity contribution in [1.82, 2.24) is 24.6 Å². The molecule has 36 heavy (non-hydrogen) atoms. The molecule has 3 saturated heterocycles. The van der Waals surface area contributed by atoms with Crippen LogP contribution < -0.4 is 0 Å². The number of piperidine rings is 1. The van der Waals surface area contributed by atoms with Gasteiger partial charge >= 0.3 is 0 Å². The molecule has 0 aromatic carbocycles. The van der Waals surface area contributed by atoms with Gasteiger partial charge in [0.15, 0.2) is 0 Å². The van der Waals surface area contributed by atoms with Crippen LogP contribution in [0.5, 0.6) is 0 Å². The highest BCUT2D eigenvalue weighted by molar-refractivity contribution is 5.97. The lowest BCUT2D eigenvalue weighted by Gasteiger charge is -2.46. The van der Waals surface area contributed by atoms with Crippen LogP contribution >= 0.6 is 0 Å². The Morgan fingerprint density at radius 3 is 2.61 bits per heavy atom. The van der Waals surface area contributed by atoms with Gasteiger partial charge in [0.25, 0.3) is 0 Å². The smallest absolute Gasteiger partial charge is 0.129 e. The summed E-state index contributed by atoms with van der Waals surface area (Å²) in [4.78, 5) is 20.5. The predicted octanol–water partition coefficient (Wildman–Crippen LogP) is 3.59. The Kier molecular flexibility index (Phi) is 6.88. The normalized spacial score (nSPS) is 32.4. The number of fused-ring (bicyclic) bond motifs is 1. The zero-order valence-electron chi connectivity index (χ0n) is 22.2. The van der Waals surface area contributed by atoms with Crippen LogP contribution in [0.15, 0.2) is 47.4 Å². The maximum absolute atomic E-state index is 5.59. The van der Waals surface area contributed by atoms with E-state index in [2.05, 4.69) is 64.8 Å². The summed E-state index contributed by atoms with van der Waals surface area (Å²) in [6.45, 7) is 10.9. The Bertz CT molecular complexity index is 1020. The van der Waals surface area contributed by atoms with Crippen LogP contribution in [0, 0.1) is 6.92 Å². The van der Waals surface area contributed by atoms with Crippen LogP contribution in [0.25, 0.3) is 0 Å². The van der Waals surface area contributed by atoms with E-state index in [0.29, 0.717) is 24.2 Å². The lowest BCUT2D eigenvalue weighted by atomic mass is 9.87. The second kappa shape index (κ2) is 10.3. The number of likely N-dealkylation sites (N-methyl/N-ethyl adjacent to an activating group) is 1. The number of likely N-dealkylation sites (tertiary alicyclic amines) is 1. The van der Waals surface area contributed by atoms with E-state index in [1.165, 1.54) is 49.2 Å². The monoisotopic (exact) mass is 490 g/mol. The van der Waals surface area contributed by atoms with Crippen molar-refractivity contribution in [2.45, 2.75) is 76.2 Å². The van der Waals surface area contributed by atoms with Gasteiger partial charge in [-0.2, -0.15) is 0 Å². The number of pyridine rings is 1. The third-order valence-electron chi connectivity index (χ3n) is 9.26. The summed E-state index contributed by atoms with van der Waals surface area (Å²) < 4.78 is 5.59. The fraction of sp³-hybridized carbons (Fsp3) is 0.655. The number of allylic oxidation sites excluding steroid dienone is 2. The molecule has 0 N–H and O–H groups in total. The van der Waals surface area contributed by atoms with Gasteiger partial charge in [-0.3, -0.25) is 19.8 Å². The van der Waals surface area contributed by atoms with Crippen LogP contribution in [-0.4, -0.2) is 101 Å². The molecule has 0 bridgehead atoms. The topological polar surface area (TPSA) is 47.4 Å². The lowest BCUT2D eigenvalue weighted by molar-refractivity contribution is 0.0146. The minimum atomic E-state index is 0.270. The van der Waals surface area contributed by atoms with Gasteiger partial charge in [-0.1, -0.05) is 12.1 Å². The fourth-order valence-corrected chi connectivity index (χ4v) is 7.21. The van der Waals surface area contributed by atoms with E-state index in [1.807, 2.05) is 12.3 Å². The Morgan fingerprint density at radius 1 is 1.03 bits per heavy atom. The van der Waals surface area contributed by atoms with Crippen molar-refractivity contribution in [3.8, 4) is 0 Å². The van der Waals surface area contributed by atoms with E-state index in [-0.39, 0.29) is 6.04 Å². The molecule has 5 aliphatic rings. The quantitative estimate of drug-likeness (QED) is 0.643. The Morgan fingerprint density at radius 2 is 1.83 bits per heavy atom. The number of amidine groups is 1. The summed E-state index contributed by atoms with van der Waals surface area (Å²) in [7, 11) is 2.30. The van der Waals surface area contributed by atoms with E-state index in [9.17, 15) is 0 Å². The molecule has 1 aromatic rings. The van der Waals surface area contributed by atoms with Gasteiger partial charge in [0.2, 0.25) is 0 Å². The molecular weight excluding hydrogens is 448 g/mol. The van der Waals surface area contributed by atoms with Crippen LogP contribution in [-0.2, 0) is 4.74 Å². The number of ether oxygens (including phenoxy) is 1. The maximum Gasteiger partial charge on any atom is 0.129 e. The number of aryl methyl sites for hydroxylation is 1. The number of hydrogen-bond acceptors (Lipinski definition) is 7. The van der Waals surface area contributed by atoms with Crippen molar-refractivity contribution >= 4 is 5.84 Å². The van der Waals surface area contributed by atoms with Gasteiger partial charge in [-0.25, -0.2) is 0 Å². The molecule has 0 radical (unpaired) electrons. The average molecular weight is 491 g/mol. The number of hydrogen-bond donors (Lipinski definition) is 0. The molecule has 6 rings (SSSR count). The number of aliphatic imine (C=N–C) groups is 1. The molecule has 0 amide bonds. The lowest BCUT2D eigenvalue weighted by Crippen LogP contribution is -2.55. The Balaban J connectivity index is 1.15. The highest BCUT2D eigenvalue weighted by Gasteiger charge is 2.44. The molecule has 0 saturated carbocycles. The molecule has 1 aromatic heterocycles. The summed E-state index contributed by atoms with van der Waals surface area (Å²) in [5, 5.41) is 0. The first-order valence-electron chi connectivity index (χ1n) is 14.1.